The van der Waals surface area contributed by atoms with E-state index in [1.54, 1.807) is 0 Å². The van der Waals surface area contributed by atoms with E-state index in [2.05, 4.69) is 45.9 Å². The number of aliphatic hydroxyl groups excluding tert-OH is 1. The van der Waals surface area contributed by atoms with Gasteiger partial charge in [-0.2, -0.15) is 0 Å². The number of benzene rings is 1. The number of likely N-dealkylation sites (N-methyl/N-ethyl adjacent to an activating group) is 1. The second-order valence-corrected chi connectivity index (χ2v) is 9.56. The fraction of sp³-hybridized carbons (Fsp3) is 0.692. The molecule has 9 heteroatoms. The standard InChI is InChI=1S/C24H39N3O2.2CH2O2/c1-2-25-13-15-26(16-14-25)17-18-29-22-8-6-21(7-9-22)19-27-12-4-11-24(20-27)10-3-5-23(24)28;2*2-1-3/h6-9,23,28H,2-5,10-20H2,1H3;2*1H,(H,2,3)/t23-,24-;;/m1../s1. The number of rotatable bonds is 7. The van der Waals surface area contributed by atoms with Gasteiger partial charge in [0.05, 0.1) is 6.10 Å². The second kappa shape index (κ2) is 15.7. The van der Waals surface area contributed by atoms with Crippen molar-refractivity contribution in [3.63, 3.8) is 0 Å². The van der Waals surface area contributed by atoms with Crippen molar-refractivity contribution in [1.29, 1.82) is 0 Å². The summed E-state index contributed by atoms with van der Waals surface area (Å²) in [5.74, 6) is 0.974. The van der Waals surface area contributed by atoms with Crippen LogP contribution in [0.2, 0.25) is 0 Å². The average molecular weight is 494 g/mol. The van der Waals surface area contributed by atoms with Crippen LogP contribution < -0.4 is 4.74 Å². The molecule has 1 saturated carbocycles. The molecule has 2 atom stereocenters. The number of hydrogen-bond acceptors (Lipinski definition) is 7. The summed E-state index contributed by atoms with van der Waals surface area (Å²) in [7, 11) is 0. The van der Waals surface area contributed by atoms with Gasteiger partial charge in [-0.05, 0) is 56.5 Å². The van der Waals surface area contributed by atoms with Gasteiger partial charge in [-0.3, -0.25) is 19.4 Å². The Morgan fingerprint density at radius 3 is 2.11 bits per heavy atom. The van der Waals surface area contributed by atoms with Crippen LogP contribution in [0.5, 0.6) is 5.75 Å². The number of piperidine rings is 1. The fourth-order valence-corrected chi connectivity index (χ4v) is 5.56. The van der Waals surface area contributed by atoms with Crippen LogP contribution >= 0.6 is 0 Å². The number of piperazine rings is 1. The first-order valence-corrected chi connectivity index (χ1v) is 12.7. The summed E-state index contributed by atoms with van der Waals surface area (Å²) in [6.07, 6.45) is 5.70. The molecule has 198 valence electrons. The molecule has 3 fully saturated rings. The molecule has 3 aliphatic rings. The lowest BCUT2D eigenvalue weighted by Gasteiger charge is -2.42. The highest BCUT2D eigenvalue weighted by Gasteiger charge is 2.44. The molecule has 1 aliphatic carbocycles. The van der Waals surface area contributed by atoms with Crippen LogP contribution in [0.15, 0.2) is 24.3 Å². The van der Waals surface area contributed by atoms with Gasteiger partial charge >= 0.3 is 0 Å². The summed E-state index contributed by atoms with van der Waals surface area (Å²) in [5.41, 5.74) is 1.52. The van der Waals surface area contributed by atoms with Gasteiger partial charge in [0, 0.05) is 51.2 Å². The molecule has 9 nitrogen and oxygen atoms in total. The maximum absolute atomic E-state index is 10.5. The van der Waals surface area contributed by atoms with Crippen molar-refractivity contribution < 1.29 is 29.6 Å². The molecule has 3 N–H and O–H groups in total. The van der Waals surface area contributed by atoms with Gasteiger partial charge in [0.15, 0.2) is 0 Å². The van der Waals surface area contributed by atoms with E-state index in [0.717, 1.165) is 64.6 Å². The summed E-state index contributed by atoms with van der Waals surface area (Å²) < 4.78 is 6.00. The topological polar surface area (TPSA) is 114 Å². The molecule has 0 bridgehead atoms. The summed E-state index contributed by atoms with van der Waals surface area (Å²) in [4.78, 5) is 24.3. The Morgan fingerprint density at radius 2 is 1.54 bits per heavy atom. The third kappa shape index (κ3) is 9.40. The minimum Gasteiger partial charge on any atom is -0.492 e. The first kappa shape index (κ1) is 29.0. The van der Waals surface area contributed by atoms with Gasteiger partial charge in [-0.25, -0.2) is 0 Å². The summed E-state index contributed by atoms with van der Waals surface area (Å²) in [6.45, 7) is 12.5. The summed E-state index contributed by atoms with van der Waals surface area (Å²) >= 11 is 0. The Labute approximate surface area is 209 Å². The molecule has 1 aromatic rings. The number of ether oxygens (including phenoxy) is 1. The number of aliphatic hydroxyl groups is 1. The Balaban J connectivity index is 0.000000655. The molecule has 1 aromatic carbocycles. The Hall–Kier alpha value is -2.20. The lowest BCUT2D eigenvalue weighted by Crippen LogP contribution is -2.47. The predicted molar refractivity (Wildman–Crippen MR) is 135 cm³/mol. The van der Waals surface area contributed by atoms with E-state index in [1.165, 1.54) is 44.3 Å². The lowest BCUT2D eigenvalue weighted by atomic mass is 9.76. The number of carbonyl (C=O) groups is 2. The molecular weight excluding hydrogens is 450 g/mol. The van der Waals surface area contributed by atoms with Gasteiger partial charge in [0.1, 0.15) is 12.4 Å². The number of carboxylic acid groups (broad SMARTS) is 2. The number of likely N-dealkylation sites (tertiary alicyclic amines) is 1. The van der Waals surface area contributed by atoms with Gasteiger partial charge in [0.2, 0.25) is 0 Å². The van der Waals surface area contributed by atoms with Gasteiger partial charge in [0.25, 0.3) is 12.9 Å². The molecule has 2 saturated heterocycles. The third-order valence-corrected chi connectivity index (χ3v) is 7.46. The molecular formula is C26H43N3O6. The largest absolute Gasteiger partial charge is 0.492 e. The molecule has 4 rings (SSSR count). The number of hydrogen-bond donors (Lipinski definition) is 3. The van der Waals surface area contributed by atoms with E-state index in [4.69, 9.17) is 24.5 Å². The van der Waals surface area contributed by atoms with Crippen molar-refractivity contribution in [2.75, 3.05) is 59.0 Å². The minimum atomic E-state index is -0.250. The molecule has 0 radical (unpaired) electrons. The molecule has 0 unspecified atom stereocenters. The van der Waals surface area contributed by atoms with Gasteiger partial charge in [-0.1, -0.05) is 25.5 Å². The van der Waals surface area contributed by atoms with E-state index in [0.29, 0.717) is 0 Å². The van der Waals surface area contributed by atoms with Crippen molar-refractivity contribution in [2.24, 2.45) is 5.41 Å². The molecule has 0 amide bonds. The van der Waals surface area contributed by atoms with Crippen LogP contribution in [0.3, 0.4) is 0 Å². The molecule has 1 spiro atoms. The van der Waals surface area contributed by atoms with Crippen molar-refractivity contribution in [1.82, 2.24) is 14.7 Å². The van der Waals surface area contributed by atoms with Crippen LogP contribution in [0.25, 0.3) is 0 Å². The zero-order chi connectivity index (χ0) is 25.5. The average Bonchev–Trinajstić information content (AvgIpc) is 3.20. The first-order chi connectivity index (χ1) is 17.0. The van der Waals surface area contributed by atoms with Crippen LogP contribution in [0.4, 0.5) is 0 Å². The molecule has 2 aliphatic heterocycles. The van der Waals surface area contributed by atoms with Crippen LogP contribution in [0, 0.1) is 5.41 Å². The Bertz CT molecular complexity index is 720. The van der Waals surface area contributed by atoms with Gasteiger partial charge < -0.3 is 25.0 Å². The van der Waals surface area contributed by atoms with Gasteiger partial charge in [-0.15, -0.1) is 0 Å². The molecule has 0 aromatic heterocycles. The maximum atomic E-state index is 10.5. The van der Waals surface area contributed by atoms with Crippen molar-refractivity contribution in [3.8, 4) is 5.75 Å². The SMILES string of the molecule is CCN1CCN(CCOc2ccc(CN3CCC[C@]4(CCC[C@H]4O)C3)cc2)CC1.O=CO.O=CO. The van der Waals surface area contributed by atoms with Crippen LogP contribution in [0.1, 0.15) is 44.6 Å². The highest BCUT2D eigenvalue weighted by atomic mass is 16.5. The highest BCUT2D eigenvalue weighted by molar-refractivity contribution is 5.33. The van der Waals surface area contributed by atoms with Crippen molar-refractivity contribution >= 4 is 12.9 Å². The second-order valence-electron chi connectivity index (χ2n) is 9.56. The fourth-order valence-electron chi connectivity index (χ4n) is 5.56. The zero-order valence-corrected chi connectivity index (χ0v) is 21.1. The van der Waals surface area contributed by atoms with Crippen molar-refractivity contribution in [2.45, 2.75) is 51.7 Å². The van der Waals surface area contributed by atoms with Crippen LogP contribution in [-0.2, 0) is 16.1 Å². The Morgan fingerprint density at radius 1 is 0.943 bits per heavy atom. The van der Waals surface area contributed by atoms with Crippen molar-refractivity contribution in [3.05, 3.63) is 29.8 Å². The minimum absolute atomic E-state index is 0.0916. The third-order valence-electron chi connectivity index (χ3n) is 7.46. The normalized spacial score (nSPS) is 25.1. The summed E-state index contributed by atoms with van der Waals surface area (Å²) in [6, 6.07) is 8.66. The van der Waals surface area contributed by atoms with E-state index < -0.39 is 0 Å². The zero-order valence-electron chi connectivity index (χ0n) is 21.1. The lowest BCUT2D eigenvalue weighted by molar-refractivity contribution is -0.123. The Kier molecular flexibility index (Phi) is 13.0. The van der Waals surface area contributed by atoms with E-state index in [-0.39, 0.29) is 24.5 Å². The van der Waals surface area contributed by atoms with Crippen LogP contribution in [-0.4, -0.2) is 108 Å². The van der Waals surface area contributed by atoms with E-state index in [1.807, 2.05) is 0 Å². The van der Waals surface area contributed by atoms with E-state index in [9.17, 15) is 5.11 Å². The number of nitrogens with zero attached hydrogens (tertiary/aromatic N) is 3. The molecule has 35 heavy (non-hydrogen) atoms. The first-order valence-electron chi connectivity index (χ1n) is 12.7. The molecule has 2 heterocycles. The quantitative estimate of drug-likeness (QED) is 0.492. The monoisotopic (exact) mass is 493 g/mol. The van der Waals surface area contributed by atoms with E-state index >= 15 is 0 Å². The smallest absolute Gasteiger partial charge is 0.290 e. The summed E-state index contributed by atoms with van der Waals surface area (Å²) in [5, 5.41) is 24.3. The maximum Gasteiger partial charge on any atom is 0.290 e. The predicted octanol–water partition coefficient (Wildman–Crippen LogP) is 2.23. The highest BCUT2D eigenvalue weighted by Crippen LogP contribution is 2.45.